The minimum absolute atomic E-state index is 0.228. The van der Waals surface area contributed by atoms with Gasteiger partial charge >= 0.3 is 0 Å². The Bertz CT molecular complexity index is 3650. The quantitative estimate of drug-likeness (QED) is 0.159. The van der Waals surface area contributed by atoms with Crippen molar-refractivity contribution in [1.29, 1.82) is 0 Å². The van der Waals surface area contributed by atoms with Crippen molar-refractivity contribution in [2.75, 3.05) is 4.90 Å². The summed E-state index contributed by atoms with van der Waals surface area (Å²) in [5.74, 6) is 0. The van der Waals surface area contributed by atoms with Crippen molar-refractivity contribution in [3.8, 4) is 44.5 Å². The Balaban J connectivity index is 1.01. The van der Waals surface area contributed by atoms with Crippen molar-refractivity contribution in [1.82, 2.24) is 0 Å². The second kappa shape index (κ2) is 14.7. The van der Waals surface area contributed by atoms with E-state index in [9.17, 15) is 0 Å². The summed E-state index contributed by atoms with van der Waals surface area (Å²) in [6.07, 6.45) is 0. The molecule has 11 aromatic rings. The van der Waals surface area contributed by atoms with Gasteiger partial charge in [-0.15, -0.1) is 0 Å². The highest BCUT2D eigenvalue weighted by atomic mass is 16.3. The Kier molecular flexibility index (Phi) is 8.51. The molecule has 0 amide bonds. The first-order valence-corrected chi connectivity index (χ1v) is 23.0. The van der Waals surface area contributed by atoms with Crippen molar-refractivity contribution >= 4 is 39.0 Å². The summed E-state index contributed by atoms with van der Waals surface area (Å²) in [4.78, 5) is 2.49. The fraction of sp³-hybridized carbons (Fsp3) is 0.0625. The number of hydrogen-bond donors (Lipinski definition) is 0. The summed E-state index contributed by atoms with van der Waals surface area (Å²) in [5.41, 5.74) is 22.1. The zero-order valence-electron chi connectivity index (χ0n) is 36.9. The summed E-state index contributed by atoms with van der Waals surface area (Å²) in [6.45, 7) is 4.76. The van der Waals surface area contributed by atoms with Crippen LogP contribution < -0.4 is 4.90 Å². The summed E-state index contributed by atoms with van der Waals surface area (Å²) >= 11 is 0. The van der Waals surface area contributed by atoms with Gasteiger partial charge in [-0.2, -0.15) is 0 Å². The molecule has 0 N–H and O–H groups in total. The van der Waals surface area contributed by atoms with Crippen LogP contribution in [-0.2, 0) is 10.8 Å². The molecule has 1 heterocycles. The van der Waals surface area contributed by atoms with Crippen LogP contribution in [0, 0.1) is 0 Å². The maximum absolute atomic E-state index is 6.38. The molecule has 2 aliphatic rings. The van der Waals surface area contributed by atoms with E-state index in [1.165, 1.54) is 66.9 Å². The average molecular weight is 844 g/mol. The minimum atomic E-state index is -0.443. The molecule has 0 saturated carbocycles. The van der Waals surface area contributed by atoms with Crippen LogP contribution in [0.15, 0.2) is 241 Å². The largest absolute Gasteiger partial charge is 0.456 e. The molecule has 2 heteroatoms. The van der Waals surface area contributed by atoms with Crippen molar-refractivity contribution in [2.24, 2.45) is 0 Å². The summed E-state index contributed by atoms with van der Waals surface area (Å²) in [7, 11) is 0. The van der Waals surface area contributed by atoms with E-state index in [2.05, 4.69) is 249 Å². The minimum Gasteiger partial charge on any atom is -0.456 e. The Morgan fingerprint density at radius 1 is 0.364 bits per heavy atom. The molecular formula is C64H45NO. The molecule has 0 spiro atoms. The molecule has 13 rings (SSSR count). The van der Waals surface area contributed by atoms with Gasteiger partial charge < -0.3 is 9.32 Å². The summed E-state index contributed by atoms with van der Waals surface area (Å²) < 4.78 is 6.38. The second-order valence-electron chi connectivity index (χ2n) is 18.4. The Hall–Kier alpha value is -8.20. The van der Waals surface area contributed by atoms with Gasteiger partial charge in [0.1, 0.15) is 11.2 Å². The van der Waals surface area contributed by atoms with Crippen LogP contribution in [0.2, 0.25) is 0 Å². The van der Waals surface area contributed by atoms with Crippen LogP contribution >= 0.6 is 0 Å². The van der Waals surface area contributed by atoms with Gasteiger partial charge in [-0.3, -0.25) is 0 Å². The maximum Gasteiger partial charge on any atom is 0.136 e. The predicted octanol–water partition coefficient (Wildman–Crippen LogP) is 17.1. The molecule has 66 heavy (non-hydrogen) atoms. The Labute approximate surface area is 385 Å². The van der Waals surface area contributed by atoms with Crippen LogP contribution in [0.5, 0.6) is 0 Å². The highest BCUT2D eigenvalue weighted by molar-refractivity contribution is 6.12. The lowest BCUT2D eigenvalue weighted by atomic mass is 9.67. The van der Waals surface area contributed by atoms with E-state index in [1.54, 1.807) is 0 Å². The highest BCUT2D eigenvalue weighted by Gasteiger charge is 2.46. The molecule has 0 fully saturated rings. The molecule has 10 aromatic carbocycles. The molecule has 0 saturated heterocycles. The second-order valence-corrected chi connectivity index (χ2v) is 18.4. The van der Waals surface area contributed by atoms with E-state index in [1.807, 2.05) is 6.07 Å². The first-order chi connectivity index (χ1) is 32.5. The molecule has 0 radical (unpaired) electrons. The van der Waals surface area contributed by atoms with Gasteiger partial charge in [-0.1, -0.05) is 202 Å². The number of anilines is 3. The van der Waals surface area contributed by atoms with Gasteiger partial charge in [-0.05, 0) is 126 Å². The normalized spacial score (nSPS) is 13.8. The first kappa shape index (κ1) is 38.3. The third kappa shape index (κ3) is 5.55. The van der Waals surface area contributed by atoms with Crippen LogP contribution in [0.1, 0.15) is 47.2 Å². The zero-order valence-corrected chi connectivity index (χ0v) is 36.9. The molecule has 312 valence electrons. The zero-order chi connectivity index (χ0) is 44.0. The van der Waals surface area contributed by atoms with Crippen LogP contribution in [-0.4, -0.2) is 0 Å². The van der Waals surface area contributed by atoms with Gasteiger partial charge in [0.2, 0.25) is 0 Å². The van der Waals surface area contributed by atoms with Gasteiger partial charge in [0.15, 0.2) is 0 Å². The van der Waals surface area contributed by atoms with Crippen molar-refractivity contribution in [3.63, 3.8) is 0 Å². The smallest absolute Gasteiger partial charge is 0.136 e. The lowest BCUT2D eigenvalue weighted by Crippen LogP contribution is -2.28. The molecule has 0 aliphatic heterocycles. The van der Waals surface area contributed by atoms with Crippen molar-refractivity contribution in [2.45, 2.75) is 24.7 Å². The molecule has 0 unspecified atom stereocenters. The molecule has 1 aromatic heterocycles. The molecule has 0 atom stereocenters. The maximum atomic E-state index is 6.38. The molecular weight excluding hydrogens is 799 g/mol. The number of rotatable bonds is 7. The van der Waals surface area contributed by atoms with E-state index in [0.29, 0.717) is 0 Å². The first-order valence-electron chi connectivity index (χ1n) is 23.0. The summed E-state index contributed by atoms with van der Waals surface area (Å²) in [6, 6.07) is 87.0. The predicted molar refractivity (Wildman–Crippen MR) is 274 cm³/mol. The number of nitrogens with zero attached hydrogens (tertiary/aromatic N) is 1. The van der Waals surface area contributed by atoms with Crippen LogP contribution in [0.4, 0.5) is 17.1 Å². The average Bonchev–Trinajstić information content (AvgIpc) is 3.99. The monoisotopic (exact) mass is 843 g/mol. The topological polar surface area (TPSA) is 16.4 Å². The lowest BCUT2D eigenvalue weighted by Gasteiger charge is -2.34. The highest BCUT2D eigenvalue weighted by Crippen LogP contribution is 2.58. The number of fused-ring (bicyclic) bond motifs is 9. The third-order valence-electron chi connectivity index (χ3n) is 14.5. The van der Waals surface area contributed by atoms with Crippen molar-refractivity contribution < 1.29 is 4.42 Å². The standard InChI is InChI=1S/C64H45NO/c1-63(2)55-32-12-9-27-50(55)52-31-17-34-58(62(52)63)65(48-26-16-20-44(40-48)49-30-18-36-60-61(49)53-29-11-14-35-59(53)66-60)47-25-15-19-42(39-47)43-37-38-57-54(41-43)51-28-10-13-33-56(51)64(57,45-21-5-3-6-22-45)46-23-7-4-8-24-46/h3-41H,1-2H3. The number of furan rings is 1. The van der Waals surface area contributed by atoms with E-state index in [-0.39, 0.29) is 5.41 Å². The molecule has 2 aliphatic carbocycles. The van der Waals surface area contributed by atoms with E-state index >= 15 is 0 Å². The summed E-state index contributed by atoms with van der Waals surface area (Å²) in [5, 5.41) is 2.26. The van der Waals surface area contributed by atoms with Gasteiger partial charge in [0, 0.05) is 27.6 Å². The Morgan fingerprint density at radius 3 is 1.65 bits per heavy atom. The van der Waals surface area contributed by atoms with Crippen LogP contribution in [0.25, 0.3) is 66.4 Å². The lowest BCUT2D eigenvalue weighted by molar-refractivity contribution is 0.661. The molecule has 0 bridgehead atoms. The van der Waals surface area contributed by atoms with Crippen molar-refractivity contribution in [3.05, 3.63) is 270 Å². The number of benzene rings is 10. The van der Waals surface area contributed by atoms with Gasteiger partial charge in [-0.25, -0.2) is 0 Å². The number of para-hydroxylation sites is 1. The number of hydrogen-bond acceptors (Lipinski definition) is 2. The molecule has 2 nitrogen and oxygen atoms in total. The Morgan fingerprint density at radius 2 is 0.894 bits per heavy atom. The van der Waals surface area contributed by atoms with Crippen LogP contribution in [0.3, 0.4) is 0 Å². The van der Waals surface area contributed by atoms with E-state index in [4.69, 9.17) is 4.42 Å². The van der Waals surface area contributed by atoms with E-state index in [0.717, 1.165) is 50.0 Å². The SMILES string of the molecule is CC1(C)c2ccccc2-c2cccc(N(c3cccc(-c4ccc5c(c4)-c4ccccc4C5(c4ccccc4)c4ccccc4)c3)c3cccc(-c4cccc5oc6ccccc6c45)c3)c21. The third-order valence-corrected chi connectivity index (χ3v) is 14.5. The fourth-order valence-corrected chi connectivity index (χ4v) is 11.7. The fourth-order valence-electron chi connectivity index (χ4n) is 11.7. The van der Waals surface area contributed by atoms with E-state index < -0.39 is 5.41 Å². The van der Waals surface area contributed by atoms with Gasteiger partial charge in [0.25, 0.3) is 0 Å². The van der Waals surface area contributed by atoms with Gasteiger partial charge in [0.05, 0.1) is 11.1 Å².